The van der Waals surface area contributed by atoms with Gasteiger partial charge >= 0.3 is 0 Å². The van der Waals surface area contributed by atoms with Gasteiger partial charge in [0.05, 0.1) is 0 Å². The molecule has 0 spiro atoms. The first-order valence-electron chi connectivity index (χ1n) is 4.32. The number of allylic oxidation sites excluding steroid dienone is 2. The van der Waals surface area contributed by atoms with Crippen molar-refractivity contribution in [1.82, 2.24) is 0 Å². The van der Waals surface area contributed by atoms with Crippen LogP contribution in [0.15, 0.2) is 11.6 Å². The molecule has 0 N–H and O–H groups in total. The van der Waals surface area contributed by atoms with Crippen molar-refractivity contribution in [3.63, 3.8) is 0 Å². The van der Waals surface area contributed by atoms with Crippen LogP contribution in [0.25, 0.3) is 0 Å². The maximum atomic E-state index is 3.92. The molecule has 0 aromatic heterocycles. The number of hydrogen-bond donors (Lipinski definition) is 0. The molecule has 0 amide bonds. The summed E-state index contributed by atoms with van der Waals surface area (Å²) in [5.41, 5.74) is 1.29. The highest BCUT2D eigenvalue weighted by Crippen LogP contribution is 2.04. The lowest BCUT2D eigenvalue weighted by molar-refractivity contribution is 0.727. The summed E-state index contributed by atoms with van der Waals surface area (Å²) in [4.78, 5) is 0. The molecule has 10 heavy (non-hydrogen) atoms. The first kappa shape index (κ1) is 9.74. The van der Waals surface area contributed by atoms with Crippen molar-refractivity contribution in [2.45, 2.75) is 46.0 Å². The van der Waals surface area contributed by atoms with Crippen molar-refractivity contribution in [3.05, 3.63) is 18.6 Å². The van der Waals surface area contributed by atoms with Crippen LogP contribution < -0.4 is 0 Å². The quantitative estimate of drug-likeness (QED) is 0.509. The Morgan fingerprint density at radius 3 is 2.50 bits per heavy atom. The van der Waals surface area contributed by atoms with Gasteiger partial charge in [-0.15, -0.1) is 0 Å². The maximum absolute atomic E-state index is 3.92. The molecule has 0 saturated carbocycles. The van der Waals surface area contributed by atoms with Gasteiger partial charge in [0.1, 0.15) is 0 Å². The SMILES string of the molecule is [CH2]C(=CCCCCC)CC. The third-order valence-corrected chi connectivity index (χ3v) is 1.69. The Labute approximate surface area is 65.3 Å². The van der Waals surface area contributed by atoms with E-state index >= 15 is 0 Å². The highest BCUT2D eigenvalue weighted by Gasteiger charge is 1.84. The minimum absolute atomic E-state index is 1.10. The van der Waals surface area contributed by atoms with Crippen LogP contribution in [0.1, 0.15) is 46.0 Å². The zero-order valence-electron chi connectivity index (χ0n) is 7.32. The standard InChI is InChI=1S/C10H19/c1-4-6-7-8-9-10(3)5-2/h9H,3-8H2,1-2H3. The second-order valence-corrected chi connectivity index (χ2v) is 2.71. The van der Waals surface area contributed by atoms with E-state index in [2.05, 4.69) is 26.8 Å². The Hall–Kier alpha value is -0.260. The van der Waals surface area contributed by atoms with E-state index in [1.807, 2.05) is 0 Å². The van der Waals surface area contributed by atoms with Crippen molar-refractivity contribution in [3.8, 4) is 0 Å². The van der Waals surface area contributed by atoms with Crippen LogP contribution in [0.2, 0.25) is 0 Å². The molecule has 59 valence electrons. The van der Waals surface area contributed by atoms with Crippen molar-refractivity contribution < 1.29 is 0 Å². The summed E-state index contributed by atoms with van der Waals surface area (Å²) in [5, 5.41) is 0. The topological polar surface area (TPSA) is 0 Å². The van der Waals surface area contributed by atoms with E-state index in [0.29, 0.717) is 0 Å². The fraction of sp³-hybridized carbons (Fsp3) is 0.700. The molecule has 0 aromatic carbocycles. The summed E-state index contributed by atoms with van der Waals surface area (Å²) < 4.78 is 0. The van der Waals surface area contributed by atoms with E-state index in [1.54, 1.807) is 0 Å². The number of rotatable bonds is 5. The van der Waals surface area contributed by atoms with E-state index < -0.39 is 0 Å². The molecule has 0 unspecified atom stereocenters. The summed E-state index contributed by atoms with van der Waals surface area (Å²) in [6.07, 6.45) is 8.58. The van der Waals surface area contributed by atoms with Gasteiger partial charge in [-0.1, -0.05) is 38.3 Å². The van der Waals surface area contributed by atoms with Crippen molar-refractivity contribution in [1.29, 1.82) is 0 Å². The Kier molecular flexibility index (Phi) is 6.68. The van der Waals surface area contributed by atoms with Gasteiger partial charge in [0, 0.05) is 0 Å². The van der Waals surface area contributed by atoms with Gasteiger partial charge in [-0.05, 0) is 26.2 Å². The van der Waals surface area contributed by atoms with E-state index in [9.17, 15) is 0 Å². The molecule has 1 radical (unpaired) electrons. The highest BCUT2D eigenvalue weighted by atomic mass is 13.9. The molecule has 0 aliphatic rings. The van der Waals surface area contributed by atoms with Gasteiger partial charge in [-0.3, -0.25) is 0 Å². The lowest BCUT2D eigenvalue weighted by Crippen LogP contribution is -1.75. The molecular formula is C10H19. The molecule has 0 fully saturated rings. The molecular weight excluding hydrogens is 120 g/mol. The third-order valence-electron chi connectivity index (χ3n) is 1.69. The summed E-state index contributed by atoms with van der Waals surface area (Å²) in [5.74, 6) is 0. The van der Waals surface area contributed by atoms with Gasteiger partial charge in [0.15, 0.2) is 0 Å². The van der Waals surface area contributed by atoms with E-state index in [0.717, 1.165) is 6.42 Å². The molecule has 0 aliphatic heterocycles. The zero-order chi connectivity index (χ0) is 7.82. The monoisotopic (exact) mass is 139 g/mol. The van der Waals surface area contributed by atoms with Crippen molar-refractivity contribution >= 4 is 0 Å². The summed E-state index contributed by atoms with van der Waals surface area (Å²) in [6, 6.07) is 0. The molecule has 0 atom stereocenters. The average molecular weight is 139 g/mol. The smallest absolute Gasteiger partial charge is 0.0283 e. The van der Waals surface area contributed by atoms with Crippen LogP contribution in [0.3, 0.4) is 0 Å². The second-order valence-electron chi connectivity index (χ2n) is 2.71. The molecule has 0 rings (SSSR count). The van der Waals surface area contributed by atoms with Crippen LogP contribution in [0.4, 0.5) is 0 Å². The second kappa shape index (κ2) is 6.85. The highest BCUT2D eigenvalue weighted by molar-refractivity contribution is 5.03. The van der Waals surface area contributed by atoms with E-state index in [4.69, 9.17) is 0 Å². The third kappa shape index (κ3) is 5.87. The predicted molar refractivity (Wildman–Crippen MR) is 47.9 cm³/mol. The fourth-order valence-corrected chi connectivity index (χ4v) is 0.845. The summed E-state index contributed by atoms with van der Waals surface area (Å²) in [7, 11) is 0. The molecule has 0 heteroatoms. The summed E-state index contributed by atoms with van der Waals surface area (Å²) in [6.45, 7) is 8.30. The molecule has 0 aromatic rings. The normalized spacial score (nSPS) is 12.1. The van der Waals surface area contributed by atoms with Gasteiger partial charge in [-0.25, -0.2) is 0 Å². The minimum Gasteiger partial charge on any atom is -0.0853 e. The van der Waals surface area contributed by atoms with E-state index in [-0.39, 0.29) is 0 Å². The molecule has 0 heterocycles. The van der Waals surface area contributed by atoms with Crippen molar-refractivity contribution in [2.24, 2.45) is 0 Å². The molecule has 0 saturated heterocycles. The molecule has 0 nitrogen and oxygen atoms in total. The Balaban J connectivity index is 3.16. The zero-order valence-corrected chi connectivity index (χ0v) is 7.32. The van der Waals surface area contributed by atoms with Crippen LogP contribution in [-0.4, -0.2) is 0 Å². The van der Waals surface area contributed by atoms with Crippen LogP contribution in [0, 0.1) is 6.92 Å². The maximum Gasteiger partial charge on any atom is -0.0283 e. The molecule has 0 aliphatic carbocycles. The van der Waals surface area contributed by atoms with Crippen LogP contribution in [-0.2, 0) is 0 Å². The van der Waals surface area contributed by atoms with Crippen LogP contribution in [0.5, 0.6) is 0 Å². The lowest BCUT2D eigenvalue weighted by atomic mass is 10.1. The average Bonchev–Trinajstić information content (AvgIpc) is 1.98. The Morgan fingerprint density at radius 1 is 1.30 bits per heavy atom. The fourth-order valence-electron chi connectivity index (χ4n) is 0.845. The van der Waals surface area contributed by atoms with Gasteiger partial charge in [-0.2, -0.15) is 0 Å². The molecule has 0 bridgehead atoms. The van der Waals surface area contributed by atoms with Crippen LogP contribution >= 0.6 is 0 Å². The minimum atomic E-state index is 1.10. The van der Waals surface area contributed by atoms with E-state index in [1.165, 1.54) is 31.3 Å². The van der Waals surface area contributed by atoms with Crippen molar-refractivity contribution in [2.75, 3.05) is 0 Å². The predicted octanol–water partition coefficient (Wildman–Crippen LogP) is 3.74. The number of unbranched alkanes of at least 4 members (excludes halogenated alkanes) is 3. The first-order valence-corrected chi connectivity index (χ1v) is 4.32. The van der Waals surface area contributed by atoms with Gasteiger partial charge < -0.3 is 0 Å². The first-order chi connectivity index (χ1) is 4.81. The van der Waals surface area contributed by atoms with Gasteiger partial charge in [0.25, 0.3) is 0 Å². The Morgan fingerprint density at radius 2 is 2.00 bits per heavy atom. The number of hydrogen-bond acceptors (Lipinski definition) is 0. The Bertz CT molecular complexity index is 90.2. The largest absolute Gasteiger partial charge is 0.0853 e. The lowest BCUT2D eigenvalue weighted by Gasteiger charge is -1.95. The van der Waals surface area contributed by atoms with Gasteiger partial charge in [0.2, 0.25) is 0 Å². The summed E-state index contributed by atoms with van der Waals surface area (Å²) >= 11 is 0.